The van der Waals surface area contributed by atoms with Crippen LogP contribution in [0.2, 0.25) is 0 Å². The molecule has 0 saturated carbocycles. The van der Waals surface area contributed by atoms with E-state index in [0.29, 0.717) is 17.5 Å². The van der Waals surface area contributed by atoms with Gasteiger partial charge in [-0.2, -0.15) is 0 Å². The van der Waals surface area contributed by atoms with E-state index < -0.39 is 0 Å². The third-order valence-electron chi connectivity index (χ3n) is 3.49. The van der Waals surface area contributed by atoms with Crippen molar-refractivity contribution in [2.45, 2.75) is 11.7 Å². The molecule has 0 radical (unpaired) electrons. The number of carbonyl (C=O) groups excluding carboxylic acids is 1. The van der Waals surface area contributed by atoms with Crippen LogP contribution in [0.4, 0.5) is 4.39 Å². The van der Waals surface area contributed by atoms with Crippen molar-refractivity contribution in [2.24, 2.45) is 0 Å². The first kappa shape index (κ1) is 17.4. The normalized spacial score (nSPS) is 10.8. The first-order valence-electron chi connectivity index (χ1n) is 7.40. The van der Waals surface area contributed by atoms with Gasteiger partial charge in [-0.05, 0) is 29.1 Å². The van der Waals surface area contributed by atoms with E-state index in [1.54, 1.807) is 24.1 Å². The van der Waals surface area contributed by atoms with E-state index in [2.05, 4.69) is 10.2 Å². The Balaban J connectivity index is 1.58. The highest BCUT2D eigenvalue weighted by molar-refractivity contribution is 7.99. The highest BCUT2D eigenvalue weighted by Gasteiger charge is 2.16. The van der Waals surface area contributed by atoms with Gasteiger partial charge < -0.3 is 10.7 Å². The molecule has 9 heteroatoms. The molecule has 3 rings (SSSR count). The second-order valence-corrected chi connectivity index (χ2v) is 7.21. The number of thioether (sulfide) groups is 1. The van der Waals surface area contributed by atoms with Crippen molar-refractivity contribution in [3.63, 3.8) is 0 Å². The third kappa shape index (κ3) is 4.18. The standard InChI is InChI=1S/C16H16FN5OS2/c1-21(9-11-4-6-12(17)7-5-11)14(23)10-25-16-20-19-15(22(16)18)13-3-2-8-24-13/h2-8H,9-10,18H2,1H3. The zero-order chi connectivity index (χ0) is 17.8. The van der Waals surface area contributed by atoms with Gasteiger partial charge in [-0.3, -0.25) is 4.79 Å². The monoisotopic (exact) mass is 377 g/mol. The molecule has 0 aliphatic rings. The summed E-state index contributed by atoms with van der Waals surface area (Å²) in [5.74, 6) is 6.41. The number of halogens is 1. The Kier molecular flexibility index (Phi) is 5.34. The lowest BCUT2D eigenvalue weighted by Crippen LogP contribution is -2.28. The Morgan fingerprint density at radius 3 is 2.76 bits per heavy atom. The summed E-state index contributed by atoms with van der Waals surface area (Å²) in [6.45, 7) is 0.412. The summed E-state index contributed by atoms with van der Waals surface area (Å²) in [5.41, 5.74) is 0.865. The maximum atomic E-state index is 12.9. The quantitative estimate of drug-likeness (QED) is 0.528. The molecule has 25 heavy (non-hydrogen) atoms. The van der Waals surface area contributed by atoms with Crippen molar-refractivity contribution in [1.29, 1.82) is 0 Å². The molecule has 0 bridgehead atoms. The molecule has 2 aromatic heterocycles. The molecular weight excluding hydrogens is 361 g/mol. The molecule has 1 amide bonds. The molecule has 2 N–H and O–H groups in total. The van der Waals surface area contributed by atoms with E-state index in [4.69, 9.17) is 5.84 Å². The lowest BCUT2D eigenvalue weighted by Gasteiger charge is -2.16. The number of amides is 1. The Hall–Kier alpha value is -2.39. The van der Waals surface area contributed by atoms with Crippen molar-refractivity contribution in [2.75, 3.05) is 18.6 Å². The van der Waals surface area contributed by atoms with Crippen LogP contribution in [0.25, 0.3) is 10.7 Å². The van der Waals surface area contributed by atoms with E-state index in [-0.39, 0.29) is 17.5 Å². The summed E-state index contributed by atoms with van der Waals surface area (Å²) < 4.78 is 14.3. The predicted octanol–water partition coefficient (Wildman–Crippen LogP) is 2.61. The molecule has 0 aliphatic heterocycles. The molecule has 0 atom stereocenters. The molecule has 0 aliphatic carbocycles. The highest BCUT2D eigenvalue weighted by Crippen LogP contribution is 2.25. The lowest BCUT2D eigenvalue weighted by molar-refractivity contribution is -0.127. The van der Waals surface area contributed by atoms with Crippen LogP contribution in [0.1, 0.15) is 5.56 Å². The molecule has 130 valence electrons. The van der Waals surface area contributed by atoms with Gasteiger partial charge in [0.05, 0.1) is 10.6 Å². The van der Waals surface area contributed by atoms with Gasteiger partial charge in [-0.1, -0.05) is 30.0 Å². The summed E-state index contributed by atoms with van der Waals surface area (Å²) in [4.78, 5) is 14.8. The number of benzene rings is 1. The first-order valence-corrected chi connectivity index (χ1v) is 9.26. The molecule has 2 heterocycles. The minimum Gasteiger partial charge on any atom is -0.341 e. The van der Waals surface area contributed by atoms with Gasteiger partial charge in [-0.25, -0.2) is 9.07 Å². The maximum Gasteiger partial charge on any atom is 0.233 e. The number of carbonyl (C=O) groups is 1. The summed E-state index contributed by atoms with van der Waals surface area (Å²) in [7, 11) is 1.70. The van der Waals surface area contributed by atoms with Crippen molar-refractivity contribution >= 4 is 29.0 Å². The van der Waals surface area contributed by atoms with Gasteiger partial charge in [-0.15, -0.1) is 21.5 Å². The lowest BCUT2D eigenvalue weighted by atomic mass is 10.2. The Bertz CT molecular complexity index is 848. The number of nitrogens with two attached hydrogens (primary N) is 1. The summed E-state index contributed by atoms with van der Waals surface area (Å²) in [6, 6.07) is 9.91. The number of nitrogens with zero attached hydrogens (tertiary/aromatic N) is 4. The molecule has 0 saturated heterocycles. The Morgan fingerprint density at radius 1 is 1.32 bits per heavy atom. The molecule has 3 aromatic rings. The zero-order valence-corrected chi connectivity index (χ0v) is 15.1. The van der Waals surface area contributed by atoms with Crippen molar-refractivity contribution in [3.05, 3.63) is 53.2 Å². The van der Waals surface area contributed by atoms with Crippen LogP contribution in [0, 0.1) is 5.82 Å². The molecule has 0 fully saturated rings. The third-order valence-corrected chi connectivity index (χ3v) is 5.28. The van der Waals surface area contributed by atoms with Crippen LogP contribution in [0.5, 0.6) is 0 Å². The van der Waals surface area contributed by atoms with Crippen LogP contribution < -0.4 is 5.84 Å². The molecule has 1 aromatic carbocycles. The van der Waals surface area contributed by atoms with Gasteiger partial charge in [0, 0.05) is 13.6 Å². The fourth-order valence-corrected chi connectivity index (χ4v) is 3.64. The van der Waals surface area contributed by atoms with Crippen LogP contribution in [0.3, 0.4) is 0 Å². The SMILES string of the molecule is CN(Cc1ccc(F)cc1)C(=O)CSc1nnc(-c2cccs2)n1N. The van der Waals surface area contributed by atoms with Gasteiger partial charge in [0.25, 0.3) is 0 Å². The number of rotatable bonds is 6. The van der Waals surface area contributed by atoms with Gasteiger partial charge in [0.1, 0.15) is 5.82 Å². The minimum absolute atomic E-state index is 0.0741. The summed E-state index contributed by atoms with van der Waals surface area (Å²) in [6.07, 6.45) is 0. The van der Waals surface area contributed by atoms with Crippen LogP contribution in [-0.2, 0) is 11.3 Å². The fourth-order valence-electron chi connectivity index (χ4n) is 2.14. The predicted molar refractivity (Wildman–Crippen MR) is 97.1 cm³/mol. The van der Waals surface area contributed by atoms with Crippen molar-refractivity contribution < 1.29 is 9.18 Å². The van der Waals surface area contributed by atoms with Gasteiger partial charge in [0.2, 0.25) is 11.1 Å². The topological polar surface area (TPSA) is 77.0 Å². The smallest absolute Gasteiger partial charge is 0.233 e. The van der Waals surface area contributed by atoms with E-state index in [1.807, 2.05) is 17.5 Å². The minimum atomic E-state index is -0.294. The number of nitrogen functional groups attached to an aromatic ring is 1. The van der Waals surface area contributed by atoms with Crippen LogP contribution in [-0.4, -0.2) is 38.5 Å². The molecule has 6 nitrogen and oxygen atoms in total. The average molecular weight is 377 g/mol. The van der Waals surface area contributed by atoms with Crippen LogP contribution in [0.15, 0.2) is 46.9 Å². The van der Waals surface area contributed by atoms with E-state index >= 15 is 0 Å². The number of thiophene rings is 1. The molecular formula is C16H16FN5OS2. The second kappa shape index (κ2) is 7.66. The van der Waals surface area contributed by atoms with Crippen molar-refractivity contribution in [3.8, 4) is 10.7 Å². The first-order chi connectivity index (χ1) is 12.0. The fraction of sp³-hybridized carbons (Fsp3) is 0.188. The maximum absolute atomic E-state index is 12.9. The largest absolute Gasteiger partial charge is 0.341 e. The van der Waals surface area contributed by atoms with E-state index in [9.17, 15) is 9.18 Å². The zero-order valence-electron chi connectivity index (χ0n) is 13.4. The summed E-state index contributed by atoms with van der Waals surface area (Å²) in [5, 5.41) is 10.5. The highest BCUT2D eigenvalue weighted by atomic mass is 32.2. The number of hydrogen-bond acceptors (Lipinski definition) is 6. The average Bonchev–Trinajstić information content (AvgIpc) is 3.24. The Labute approximate surface area is 152 Å². The summed E-state index contributed by atoms with van der Waals surface area (Å²) >= 11 is 2.75. The van der Waals surface area contributed by atoms with Crippen molar-refractivity contribution in [1.82, 2.24) is 19.8 Å². The van der Waals surface area contributed by atoms with E-state index in [0.717, 1.165) is 10.4 Å². The second-order valence-electron chi connectivity index (χ2n) is 5.32. The number of aromatic nitrogens is 3. The molecule has 0 unspecified atom stereocenters. The molecule has 0 spiro atoms. The Morgan fingerprint density at radius 2 is 2.08 bits per heavy atom. The van der Waals surface area contributed by atoms with Crippen LogP contribution >= 0.6 is 23.1 Å². The van der Waals surface area contributed by atoms with E-state index in [1.165, 1.54) is 39.9 Å². The van der Waals surface area contributed by atoms with Gasteiger partial charge >= 0.3 is 0 Å². The number of hydrogen-bond donors (Lipinski definition) is 1. The van der Waals surface area contributed by atoms with Gasteiger partial charge in [0.15, 0.2) is 5.82 Å².